The zero-order chi connectivity index (χ0) is 24.6. The minimum atomic E-state index is -0.548. The molecule has 1 aliphatic heterocycles. The Balaban J connectivity index is 1.30. The van der Waals surface area contributed by atoms with E-state index in [9.17, 15) is 18.8 Å². The molecule has 4 rings (SSSR count). The van der Waals surface area contributed by atoms with Crippen molar-refractivity contribution in [2.24, 2.45) is 0 Å². The number of hydrogen-bond acceptors (Lipinski definition) is 6. The summed E-state index contributed by atoms with van der Waals surface area (Å²) in [6, 6.07) is 11.6. The topological polar surface area (TPSA) is 128 Å². The van der Waals surface area contributed by atoms with E-state index in [-0.39, 0.29) is 17.3 Å². The van der Waals surface area contributed by atoms with Gasteiger partial charge in [-0.05, 0) is 48.5 Å². The molecule has 3 aromatic rings. The highest BCUT2D eigenvalue weighted by atomic mass is 19.1. The molecule has 0 spiro atoms. The van der Waals surface area contributed by atoms with Crippen LogP contribution < -0.4 is 16.0 Å². The van der Waals surface area contributed by atoms with Crippen LogP contribution in [0.25, 0.3) is 0 Å². The largest absolute Gasteiger partial charge is 0.379 e. The molecular weight excluding hydrogens is 455 g/mol. The first-order chi connectivity index (χ1) is 17.0. The average molecular weight is 481 g/mol. The third-order valence-corrected chi connectivity index (χ3v) is 5.41. The number of aromatic nitrogens is 2. The molecule has 10 nitrogen and oxygen atoms in total. The second-order valence-corrected chi connectivity index (χ2v) is 7.83. The fraction of sp³-hybridized carbons (Fsp3) is 0.250. The minimum absolute atomic E-state index is 0.0254. The third-order valence-electron chi connectivity index (χ3n) is 5.41. The van der Waals surface area contributed by atoms with E-state index in [1.807, 2.05) is 0 Å². The van der Waals surface area contributed by atoms with Crippen molar-refractivity contribution in [2.45, 2.75) is 0 Å². The van der Waals surface area contributed by atoms with Crippen LogP contribution in [0.2, 0.25) is 0 Å². The van der Waals surface area contributed by atoms with E-state index in [1.165, 1.54) is 30.6 Å². The van der Waals surface area contributed by atoms with Crippen molar-refractivity contribution >= 4 is 29.1 Å². The number of ether oxygens (including phenoxy) is 1. The molecule has 0 atom stereocenters. The van der Waals surface area contributed by atoms with Gasteiger partial charge in [0.1, 0.15) is 11.5 Å². The molecule has 1 saturated heterocycles. The number of nitrogens with zero attached hydrogens (tertiary/aromatic N) is 2. The van der Waals surface area contributed by atoms with Crippen LogP contribution in [-0.2, 0) is 4.74 Å². The second-order valence-electron chi connectivity index (χ2n) is 7.83. The van der Waals surface area contributed by atoms with Crippen molar-refractivity contribution in [3.8, 4) is 0 Å². The fourth-order valence-electron chi connectivity index (χ4n) is 3.51. The van der Waals surface area contributed by atoms with Crippen LogP contribution in [-0.4, -0.2) is 72.0 Å². The van der Waals surface area contributed by atoms with Gasteiger partial charge in [0, 0.05) is 43.1 Å². The number of hydrogen-bond donors (Lipinski definition) is 4. The highest BCUT2D eigenvalue weighted by molar-refractivity contribution is 6.10. The van der Waals surface area contributed by atoms with Gasteiger partial charge < -0.3 is 25.7 Å². The normalized spacial score (nSPS) is 13.7. The van der Waals surface area contributed by atoms with Gasteiger partial charge in [-0.15, -0.1) is 0 Å². The molecule has 3 amide bonds. The molecule has 182 valence electrons. The number of nitrogens with one attached hydrogen (secondary N) is 4. The Labute approximate surface area is 200 Å². The molecule has 0 unspecified atom stereocenters. The van der Waals surface area contributed by atoms with E-state index in [0.29, 0.717) is 43.2 Å². The number of morpholine rings is 1. The third kappa shape index (κ3) is 6.49. The van der Waals surface area contributed by atoms with Gasteiger partial charge in [0.25, 0.3) is 17.7 Å². The Hall–Kier alpha value is -4.09. The maximum absolute atomic E-state index is 13.0. The van der Waals surface area contributed by atoms with Crippen LogP contribution >= 0.6 is 0 Å². The Morgan fingerprint density at radius 1 is 0.914 bits per heavy atom. The molecule has 2 aromatic carbocycles. The number of amides is 3. The number of benzene rings is 2. The van der Waals surface area contributed by atoms with Crippen molar-refractivity contribution < 1.29 is 23.5 Å². The number of aromatic amines is 1. The zero-order valence-corrected chi connectivity index (χ0v) is 18.8. The molecule has 0 aliphatic carbocycles. The standard InChI is InChI=1S/C24H25FN6O4/c25-17-3-1-16(2-4-17)22(32)29-18-5-7-19(8-6-18)30-24(34)21-20(27-15-28-21)23(33)26-9-10-31-11-13-35-14-12-31/h1-8,15H,9-14H2,(H,26,33)(H,27,28)(H,29,32)(H,30,34). The monoisotopic (exact) mass is 480 g/mol. The van der Waals surface area contributed by atoms with Gasteiger partial charge in [0.2, 0.25) is 0 Å². The van der Waals surface area contributed by atoms with Crippen LogP contribution in [0, 0.1) is 5.82 Å². The summed E-state index contributed by atoms with van der Waals surface area (Å²) in [6.45, 7) is 4.13. The summed E-state index contributed by atoms with van der Waals surface area (Å²) in [5.41, 5.74) is 1.32. The first-order valence-electron chi connectivity index (χ1n) is 11.1. The van der Waals surface area contributed by atoms with Crippen molar-refractivity contribution in [2.75, 3.05) is 50.0 Å². The van der Waals surface area contributed by atoms with E-state index in [2.05, 4.69) is 30.8 Å². The number of anilines is 2. The summed E-state index contributed by atoms with van der Waals surface area (Å²) >= 11 is 0. The minimum Gasteiger partial charge on any atom is -0.379 e. The molecular formula is C24H25FN6O4. The molecule has 1 aromatic heterocycles. The first-order valence-corrected chi connectivity index (χ1v) is 11.1. The molecule has 0 radical (unpaired) electrons. The summed E-state index contributed by atoms with van der Waals surface area (Å²) in [7, 11) is 0. The predicted molar refractivity (Wildman–Crippen MR) is 127 cm³/mol. The van der Waals surface area contributed by atoms with Crippen LogP contribution in [0.5, 0.6) is 0 Å². The highest BCUT2D eigenvalue weighted by Crippen LogP contribution is 2.16. The second kappa shape index (κ2) is 11.4. The van der Waals surface area contributed by atoms with Crippen LogP contribution in [0.1, 0.15) is 31.3 Å². The van der Waals surface area contributed by atoms with Crippen molar-refractivity contribution in [1.82, 2.24) is 20.2 Å². The van der Waals surface area contributed by atoms with E-state index in [4.69, 9.17) is 4.74 Å². The quantitative estimate of drug-likeness (QED) is 0.391. The lowest BCUT2D eigenvalue weighted by molar-refractivity contribution is 0.0383. The molecule has 2 heterocycles. The average Bonchev–Trinajstić information content (AvgIpc) is 3.37. The van der Waals surface area contributed by atoms with Crippen molar-refractivity contribution in [3.05, 3.63) is 77.6 Å². The smallest absolute Gasteiger partial charge is 0.276 e. The maximum Gasteiger partial charge on any atom is 0.276 e. The van der Waals surface area contributed by atoms with Crippen LogP contribution in [0.15, 0.2) is 54.9 Å². The van der Waals surface area contributed by atoms with E-state index in [1.54, 1.807) is 24.3 Å². The predicted octanol–water partition coefficient (Wildman–Crippen LogP) is 2.12. The summed E-state index contributed by atoms with van der Waals surface area (Å²) in [5, 5.41) is 8.19. The first kappa shape index (κ1) is 24.0. The lowest BCUT2D eigenvalue weighted by Crippen LogP contribution is -2.41. The molecule has 1 aliphatic rings. The van der Waals surface area contributed by atoms with Crippen LogP contribution in [0.4, 0.5) is 15.8 Å². The fourth-order valence-corrected chi connectivity index (χ4v) is 3.51. The van der Waals surface area contributed by atoms with Crippen molar-refractivity contribution in [3.63, 3.8) is 0 Å². The van der Waals surface area contributed by atoms with Gasteiger partial charge in [0.15, 0.2) is 5.69 Å². The number of imidazole rings is 1. The number of rotatable bonds is 8. The molecule has 35 heavy (non-hydrogen) atoms. The summed E-state index contributed by atoms with van der Waals surface area (Å²) in [5.74, 6) is -1.78. The summed E-state index contributed by atoms with van der Waals surface area (Å²) in [6.07, 6.45) is 1.29. The van der Waals surface area contributed by atoms with Gasteiger partial charge in [-0.25, -0.2) is 9.37 Å². The lowest BCUT2D eigenvalue weighted by atomic mass is 10.2. The lowest BCUT2D eigenvalue weighted by Gasteiger charge is -2.26. The van der Waals surface area contributed by atoms with E-state index in [0.717, 1.165) is 13.1 Å². The molecule has 11 heteroatoms. The number of carbonyl (C=O) groups excluding carboxylic acids is 3. The van der Waals surface area contributed by atoms with Gasteiger partial charge >= 0.3 is 0 Å². The Kier molecular flexibility index (Phi) is 7.81. The Bertz CT molecular complexity index is 1170. The Morgan fingerprint density at radius 3 is 2.20 bits per heavy atom. The van der Waals surface area contributed by atoms with Crippen LogP contribution in [0.3, 0.4) is 0 Å². The zero-order valence-electron chi connectivity index (χ0n) is 18.8. The molecule has 4 N–H and O–H groups in total. The molecule has 1 fully saturated rings. The maximum atomic E-state index is 13.0. The summed E-state index contributed by atoms with van der Waals surface area (Å²) < 4.78 is 18.3. The SMILES string of the molecule is O=C(Nc1ccc(NC(=O)c2nc[nH]c2C(=O)NCCN2CCOCC2)cc1)c1ccc(F)cc1. The van der Waals surface area contributed by atoms with E-state index >= 15 is 0 Å². The van der Waals surface area contributed by atoms with E-state index < -0.39 is 17.6 Å². The van der Waals surface area contributed by atoms with Crippen molar-refractivity contribution in [1.29, 1.82) is 0 Å². The van der Waals surface area contributed by atoms with Gasteiger partial charge in [-0.3, -0.25) is 19.3 Å². The molecule has 0 bridgehead atoms. The highest BCUT2D eigenvalue weighted by Gasteiger charge is 2.21. The van der Waals surface area contributed by atoms with Gasteiger partial charge in [0.05, 0.1) is 19.5 Å². The van der Waals surface area contributed by atoms with Gasteiger partial charge in [-0.2, -0.15) is 0 Å². The number of H-pyrrole nitrogens is 1. The summed E-state index contributed by atoms with van der Waals surface area (Å²) in [4.78, 5) is 46.4. The molecule has 0 saturated carbocycles. The Morgan fingerprint density at radius 2 is 1.54 bits per heavy atom. The number of carbonyl (C=O) groups is 3. The number of halogens is 1. The van der Waals surface area contributed by atoms with Gasteiger partial charge in [-0.1, -0.05) is 0 Å².